The molecule has 0 bridgehead atoms. The van der Waals surface area contributed by atoms with E-state index in [1.54, 1.807) is 0 Å². The van der Waals surface area contributed by atoms with Gasteiger partial charge in [-0.3, -0.25) is 0 Å². The zero-order valence-corrected chi connectivity index (χ0v) is 12.2. The van der Waals surface area contributed by atoms with Gasteiger partial charge in [-0.1, -0.05) is 71.1 Å². The van der Waals surface area contributed by atoms with E-state index in [4.69, 9.17) is 11.6 Å². The molecule has 0 aromatic rings. The Bertz CT molecular complexity index is 84.7. The molecule has 0 spiro atoms. The lowest BCUT2D eigenvalue weighted by Gasteiger charge is -2.01. The maximum atomic E-state index is 5.61. The van der Waals surface area contributed by atoms with E-state index in [0.29, 0.717) is 0 Å². The van der Waals surface area contributed by atoms with Crippen LogP contribution in [0.2, 0.25) is 0 Å². The molecule has 0 rings (SSSR count). The molecule has 0 unspecified atom stereocenters. The highest BCUT2D eigenvalue weighted by Crippen LogP contribution is 2.11. The number of halogens is 1. The van der Waals surface area contributed by atoms with Crippen LogP contribution < -0.4 is 5.73 Å². The number of nitrogens with two attached hydrogens (primary N) is 1. The standard InChI is InChI=1S/C13H27Cl.CH5N/c1-2-3-4-5-6-7-8-9-10-11-12-13-14;1-2/h2-13H2,1H3;2H2,1H3. The fourth-order valence-electron chi connectivity index (χ4n) is 1.76. The minimum atomic E-state index is 0.844. The first-order valence-electron chi connectivity index (χ1n) is 7.05. The highest BCUT2D eigenvalue weighted by Gasteiger charge is 1.91. The van der Waals surface area contributed by atoms with Crippen LogP contribution in [0.15, 0.2) is 0 Å². The molecule has 0 amide bonds. The van der Waals surface area contributed by atoms with Crippen LogP contribution in [0.3, 0.4) is 0 Å². The highest BCUT2D eigenvalue weighted by molar-refractivity contribution is 6.17. The summed E-state index contributed by atoms with van der Waals surface area (Å²) in [7, 11) is 1.50. The number of unbranched alkanes of at least 4 members (excludes halogenated alkanes) is 10. The Morgan fingerprint density at radius 2 is 0.938 bits per heavy atom. The minimum absolute atomic E-state index is 0.844. The molecule has 1 nitrogen and oxygen atoms in total. The van der Waals surface area contributed by atoms with Gasteiger partial charge < -0.3 is 5.73 Å². The van der Waals surface area contributed by atoms with Crippen LogP contribution in [0, 0.1) is 0 Å². The lowest BCUT2D eigenvalue weighted by Crippen LogP contribution is -1.82. The number of alkyl halides is 1. The van der Waals surface area contributed by atoms with Crippen molar-refractivity contribution in [1.29, 1.82) is 0 Å². The smallest absolute Gasteiger partial charge is 0.0223 e. The molecule has 0 aliphatic heterocycles. The predicted molar refractivity (Wildman–Crippen MR) is 77.3 cm³/mol. The molecule has 0 aromatic carbocycles. The van der Waals surface area contributed by atoms with Crippen molar-refractivity contribution in [2.45, 2.75) is 77.6 Å². The summed E-state index contributed by atoms with van der Waals surface area (Å²) in [6.45, 7) is 2.27. The summed E-state index contributed by atoms with van der Waals surface area (Å²) < 4.78 is 0. The predicted octanol–water partition coefficient (Wildman–Crippen LogP) is 5.11. The van der Waals surface area contributed by atoms with Crippen molar-refractivity contribution in [2.75, 3.05) is 12.9 Å². The van der Waals surface area contributed by atoms with Crippen molar-refractivity contribution >= 4 is 11.6 Å². The van der Waals surface area contributed by atoms with Crippen LogP contribution in [-0.2, 0) is 0 Å². The topological polar surface area (TPSA) is 26.0 Å². The van der Waals surface area contributed by atoms with E-state index in [0.717, 1.165) is 5.88 Å². The Morgan fingerprint density at radius 1 is 0.625 bits per heavy atom. The monoisotopic (exact) mass is 249 g/mol. The van der Waals surface area contributed by atoms with Crippen LogP contribution >= 0.6 is 11.6 Å². The van der Waals surface area contributed by atoms with E-state index in [9.17, 15) is 0 Å². The Morgan fingerprint density at radius 3 is 1.25 bits per heavy atom. The maximum absolute atomic E-state index is 5.61. The zero-order valence-electron chi connectivity index (χ0n) is 11.4. The summed E-state index contributed by atoms with van der Waals surface area (Å²) in [5.74, 6) is 0.844. The van der Waals surface area contributed by atoms with Crippen LogP contribution in [-0.4, -0.2) is 12.9 Å². The highest BCUT2D eigenvalue weighted by atomic mass is 35.5. The average molecular weight is 250 g/mol. The minimum Gasteiger partial charge on any atom is -0.333 e. The lowest BCUT2D eigenvalue weighted by atomic mass is 10.1. The van der Waals surface area contributed by atoms with Gasteiger partial charge in [0.25, 0.3) is 0 Å². The van der Waals surface area contributed by atoms with Gasteiger partial charge in [-0.05, 0) is 13.5 Å². The molecule has 2 N–H and O–H groups in total. The number of rotatable bonds is 11. The third-order valence-corrected chi connectivity index (χ3v) is 3.00. The second-order valence-electron chi connectivity index (χ2n) is 4.22. The van der Waals surface area contributed by atoms with E-state index in [2.05, 4.69) is 12.7 Å². The Hall–Kier alpha value is 0.250. The summed E-state index contributed by atoms with van der Waals surface area (Å²) in [6, 6.07) is 0. The van der Waals surface area contributed by atoms with Crippen LogP contribution in [0.25, 0.3) is 0 Å². The summed E-state index contributed by atoms with van der Waals surface area (Å²) >= 11 is 5.61. The van der Waals surface area contributed by atoms with E-state index >= 15 is 0 Å². The molecule has 0 saturated carbocycles. The van der Waals surface area contributed by atoms with Gasteiger partial charge in [0.2, 0.25) is 0 Å². The van der Waals surface area contributed by atoms with Gasteiger partial charge >= 0.3 is 0 Å². The summed E-state index contributed by atoms with van der Waals surface area (Å²) in [5.41, 5.74) is 4.50. The van der Waals surface area contributed by atoms with Crippen molar-refractivity contribution in [2.24, 2.45) is 5.73 Å². The largest absolute Gasteiger partial charge is 0.333 e. The van der Waals surface area contributed by atoms with Gasteiger partial charge in [0, 0.05) is 5.88 Å². The second kappa shape index (κ2) is 20.6. The zero-order chi connectivity index (χ0) is 12.5. The van der Waals surface area contributed by atoms with Gasteiger partial charge in [-0.15, -0.1) is 11.6 Å². The molecule has 0 atom stereocenters. The summed E-state index contributed by atoms with van der Waals surface area (Å²) in [4.78, 5) is 0. The Balaban J connectivity index is 0. The number of hydrogen-bond acceptors (Lipinski definition) is 1. The first-order valence-corrected chi connectivity index (χ1v) is 7.59. The first-order chi connectivity index (χ1) is 7.91. The van der Waals surface area contributed by atoms with E-state index in [-0.39, 0.29) is 0 Å². The van der Waals surface area contributed by atoms with E-state index < -0.39 is 0 Å². The summed E-state index contributed by atoms with van der Waals surface area (Å²) in [6.07, 6.45) is 15.4. The SMILES string of the molecule is CCCCCCCCCCCCCCl.CN. The fraction of sp³-hybridized carbons (Fsp3) is 1.00. The van der Waals surface area contributed by atoms with Gasteiger partial charge in [-0.2, -0.15) is 0 Å². The average Bonchev–Trinajstić information content (AvgIpc) is 2.34. The van der Waals surface area contributed by atoms with Crippen molar-refractivity contribution in [3.05, 3.63) is 0 Å². The van der Waals surface area contributed by atoms with Crippen molar-refractivity contribution in [3.63, 3.8) is 0 Å². The van der Waals surface area contributed by atoms with Gasteiger partial charge in [0.15, 0.2) is 0 Å². The quantitative estimate of drug-likeness (QED) is 0.400. The van der Waals surface area contributed by atoms with E-state index in [1.807, 2.05) is 0 Å². The molecule has 0 aliphatic carbocycles. The molecular formula is C14H32ClN. The molecule has 100 valence electrons. The third kappa shape index (κ3) is 19.8. The Kier molecular flexibility index (Phi) is 24.0. The summed E-state index contributed by atoms with van der Waals surface area (Å²) in [5, 5.41) is 0. The van der Waals surface area contributed by atoms with Gasteiger partial charge in [0.05, 0.1) is 0 Å². The molecule has 0 fully saturated rings. The Labute approximate surface area is 108 Å². The van der Waals surface area contributed by atoms with Crippen LogP contribution in [0.5, 0.6) is 0 Å². The lowest BCUT2D eigenvalue weighted by molar-refractivity contribution is 0.555. The first kappa shape index (κ1) is 18.6. The molecule has 0 saturated heterocycles. The third-order valence-electron chi connectivity index (χ3n) is 2.74. The van der Waals surface area contributed by atoms with Crippen molar-refractivity contribution in [1.82, 2.24) is 0 Å². The van der Waals surface area contributed by atoms with Crippen LogP contribution in [0.4, 0.5) is 0 Å². The molecule has 0 radical (unpaired) electrons. The van der Waals surface area contributed by atoms with Gasteiger partial charge in [0.1, 0.15) is 0 Å². The number of hydrogen-bond donors (Lipinski definition) is 1. The molecule has 2 heteroatoms. The molecule has 0 aliphatic rings. The molecular weight excluding hydrogens is 218 g/mol. The fourth-order valence-corrected chi connectivity index (χ4v) is 1.95. The van der Waals surface area contributed by atoms with Crippen molar-refractivity contribution in [3.8, 4) is 0 Å². The van der Waals surface area contributed by atoms with Crippen LogP contribution in [0.1, 0.15) is 77.6 Å². The second-order valence-corrected chi connectivity index (χ2v) is 4.60. The maximum Gasteiger partial charge on any atom is 0.0223 e. The van der Waals surface area contributed by atoms with Gasteiger partial charge in [-0.25, -0.2) is 0 Å². The normalized spacial score (nSPS) is 9.75. The molecule has 0 heterocycles. The molecule has 0 aromatic heterocycles. The van der Waals surface area contributed by atoms with Crippen molar-refractivity contribution < 1.29 is 0 Å². The van der Waals surface area contributed by atoms with E-state index in [1.165, 1.54) is 77.7 Å². The molecule has 16 heavy (non-hydrogen) atoms.